The molecule has 2 rings (SSSR count). The molecule has 1 aliphatic heterocycles. The molecule has 0 aromatic heterocycles. The molecular weight excluding hydrogens is 310 g/mol. The van der Waals surface area contributed by atoms with Crippen LogP contribution >= 0.6 is 0 Å². The fraction of sp³-hybridized carbons (Fsp3) is 0.556. The summed E-state index contributed by atoms with van der Waals surface area (Å²) in [6, 6.07) is 5.96. The van der Waals surface area contributed by atoms with E-state index >= 15 is 0 Å². The molecule has 1 saturated heterocycles. The summed E-state index contributed by atoms with van der Waals surface area (Å²) in [6.45, 7) is 6.62. The van der Waals surface area contributed by atoms with Crippen LogP contribution in [0.3, 0.4) is 0 Å². The molecule has 6 nitrogen and oxygen atoms in total. The van der Waals surface area contributed by atoms with Crippen molar-refractivity contribution in [2.45, 2.75) is 51.7 Å². The van der Waals surface area contributed by atoms with Crippen molar-refractivity contribution in [1.29, 1.82) is 0 Å². The quantitative estimate of drug-likeness (QED) is 0.839. The number of carbonyl (C=O) groups excluding carboxylic acids is 2. The molecule has 1 aromatic rings. The highest BCUT2D eigenvalue weighted by molar-refractivity contribution is 5.89. The molecule has 1 N–H and O–H groups in total. The third-order valence-electron chi connectivity index (χ3n) is 3.70. The molecule has 24 heavy (non-hydrogen) atoms. The van der Waals surface area contributed by atoms with Crippen LogP contribution in [0.5, 0.6) is 5.75 Å². The van der Waals surface area contributed by atoms with Crippen molar-refractivity contribution in [3.05, 3.63) is 29.8 Å². The van der Waals surface area contributed by atoms with Crippen LogP contribution in [0.25, 0.3) is 0 Å². The summed E-state index contributed by atoms with van der Waals surface area (Å²) in [5, 5.41) is 9.26. The van der Waals surface area contributed by atoms with Crippen molar-refractivity contribution in [3.8, 4) is 5.75 Å². The highest BCUT2D eigenvalue weighted by atomic mass is 16.6. The van der Waals surface area contributed by atoms with Gasteiger partial charge in [-0.25, -0.2) is 9.59 Å². The van der Waals surface area contributed by atoms with Crippen LogP contribution < -0.4 is 0 Å². The van der Waals surface area contributed by atoms with Gasteiger partial charge in [-0.1, -0.05) is 0 Å². The molecule has 0 aliphatic carbocycles. The van der Waals surface area contributed by atoms with Gasteiger partial charge in [-0.2, -0.15) is 0 Å². The number of aromatic hydroxyl groups is 1. The van der Waals surface area contributed by atoms with E-state index in [2.05, 4.69) is 0 Å². The fourth-order valence-corrected chi connectivity index (χ4v) is 2.51. The summed E-state index contributed by atoms with van der Waals surface area (Å²) in [5.41, 5.74) is -0.116. The van der Waals surface area contributed by atoms with Crippen LogP contribution in [-0.4, -0.2) is 46.9 Å². The maximum atomic E-state index is 12.1. The van der Waals surface area contributed by atoms with Crippen molar-refractivity contribution in [3.63, 3.8) is 0 Å². The van der Waals surface area contributed by atoms with Crippen LogP contribution in [0.15, 0.2) is 24.3 Å². The Labute approximate surface area is 142 Å². The second-order valence-corrected chi connectivity index (χ2v) is 6.97. The lowest BCUT2D eigenvalue weighted by atomic mass is 10.1. The zero-order valence-electron chi connectivity index (χ0n) is 14.4. The number of esters is 1. The van der Waals surface area contributed by atoms with E-state index in [0.717, 1.165) is 6.42 Å². The Balaban J connectivity index is 1.87. The number of phenolic OH excluding ortho intramolecular Hbond substituents is 1. The highest BCUT2D eigenvalue weighted by Crippen LogP contribution is 2.19. The molecule has 6 heteroatoms. The maximum Gasteiger partial charge on any atom is 0.410 e. The molecule has 0 saturated carbocycles. The first-order chi connectivity index (χ1) is 11.2. The third-order valence-corrected chi connectivity index (χ3v) is 3.70. The number of amides is 1. The average Bonchev–Trinajstić information content (AvgIpc) is 2.72. The first kappa shape index (κ1) is 18.1. The van der Waals surface area contributed by atoms with Gasteiger partial charge in [0.25, 0.3) is 0 Å². The summed E-state index contributed by atoms with van der Waals surface area (Å²) in [4.78, 5) is 25.9. The summed E-state index contributed by atoms with van der Waals surface area (Å²) >= 11 is 0. The van der Waals surface area contributed by atoms with E-state index < -0.39 is 11.6 Å². The van der Waals surface area contributed by atoms with Gasteiger partial charge in [-0.3, -0.25) is 0 Å². The van der Waals surface area contributed by atoms with Crippen LogP contribution in [0.2, 0.25) is 0 Å². The van der Waals surface area contributed by atoms with Crippen LogP contribution in [-0.2, 0) is 9.47 Å². The number of ether oxygens (including phenoxy) is 2. The number of hydrogen-bond donors (Lipinski definition) is 1. The molecule has 1 atom stereocenters. The Kier molecular flexibility index (Phi) is 5.70. The molecule has 0 bridgehead atoms. The second kappa shape index (κ2) is 7.55. The maximum absolute atomic E-state index is 12.1. The summed E-state index contributed by atoms with van der Waals surface area (Å²) in [5.74, 6) is -0.306. The van der Waals surface area contributed by atoms with Gasteiger partial charge >= 0.3 is 12.1 Å². The van der Waals surface area contributed by atoms with Crippen LogP contribution in [0.1, 0.15) is 50.4 Å². The number of likely N-dealkylation sites (tertiary alicyclic amines) is 1. The van der Waals surface area contributed by atoms with E-state index in [1.165, 1.54) is 24.3 Å². The van der Waals surface area contributed by atoms with E-state index in [9.17, 15) is 14.7 Å². The Morgan fingerprint density at radius 2 is 1.79 bits per heavy atom. The lowest BCUT2D eigenvalue weighted by molar-refractivity contribution is 0.0214. The van der Waals surface area contributed by atoms with Crippen LogP contribution in [0.4, 0.5) is 4.79 Å². The molecule has 1 fully saturated rings. The molecule has 1 amide bonds. The van der Waals surface area contributed by atoms with E-state index in [4.69, 9.17) is 9.47 Å². The predicted octanol–water partition coefficient (Wildman–Crippen LogP) is 3.34. The number of hydrogen-bond acceptors (Lipinski definition) is 5. The highest BCUT2D eigenvalue weighted by Gasteiger charge is 2.26. The topological polar surface area (TPSA) is 76.1 Å². The van der Waals surface area contributed by atoms with Crippen molar-refractivity contribution >= 4 is 12.1 Å². The van der Waals surface area contributed by atoms with Gasteiger partial charge in [-0.15, -0.1) is 0 Å². The van der Waals surface area contributed by atoms with Crippen LogP contribution in [0, 0.1) is 0 Å². The SMILES string of the molecule is CC(C)(C)OC(=O)N1CCCC(OC(=O)c2ccc(O)cc2)CC1. The normalized spacial score (nSPS) is 18.6. The predicted molar refractivity (Wildman–Crippen MR) is 89.0 cm³/mol. The molecular formula is C18H25NO5. The van der Waals surface area contributed by atoms with Gasteiger partial charge in [0, 0.05) is 19.5 Å². The standard InChI is InChI=1S/C18H25NO5/c1-18(2,3)24-17(22)19-11-4-5-15(10-12-19)23-16(21)13-6-8-14(20)9-7-13/h6-9,15,20H,4-5,10-12H2,1-3H3. The summed E-state index contributed by atoms with van der Waals surface area (Å²) in [7, 11) is 0. The number of benzene rings is 1. The van der Waals surface area contributed by atoms with Crippen molar-refractivity contribution in [1.82, 2.24) is 4.90 Å². The Hall–Kier alpha value is -2.24. The first-order valence-electron chi connectivity index (χ1n) is 8.22. The zero-order valence-corrected chi connectivity index (χ0v) is 14.4. The number of nitrogens with zero attached hydrogens (tertiary/aromatic N) is 1. The minimum Gasteiger partial charge on any atom is -0.508 e. The first-order valence-corrected chi connectivity index (χ1v) is 8.22. The van der Waals surface area contributed by atoms with E-state index in [-0.39, 0.29) is 17.9 Å². The van der Waals surface area contributed by atoms with Crippen molar-refractivity contribution in [2.75, 3.05) is 13.1 Å². The minimum absolute atomic E-state index is 0.106. The monoisotopic (exact) mass is 335 g/mol. The Bertz CT molecular complexity index is 576. The summed E-state index contributed by atoms with van der Waals surface area (Å²) < 4.78 is 10.9. The van der Waals surface area contributed by atoms with E-state index in [0.29, 0.717) is 31.5 Å². The molecule has 0 radical (unpaired) electrons. The molecule has 1 aromatic carbocycles. The molecule has 1 aliphatic rings. The van der Waals surface area contributed by atoms with Gasteiger partial charge in [0.15, 0.2) is 0 Å². The average molecular weight is 335 g/mol. The van der Waals surface area contributed by atoms with Gasteiger partial charge in [-0.05, 0) is 57.9 Å². The summed E-state index contributed by atoms with van der Waals surface area (Å²) in [6.07, 6.45) is 1.51. The smallest absolute Gasteiger partial charge is 0.410 e. The van der Waals surface area contributed by atoms with E-state index in [1.54, 1.807) is 4.90 Å². The Morgan fingerprint density at radius 1 is 1.12 bits per heavy atom. The lowest BCUT2D eigenvalue weighted by Crippen LogP contribution is -2.37. The minimum atomic E-state index is -0.520. The molecule has 1 heterocycles. The number of carbonyl (C=O) groups is 2. The number of phenols is 1. The van der Waals surface area contributed by atoms with Crippen molar-refractivity contribution < 1.29 is 24.2 Å². The second-order valence-electron chi connectivity index (χ2n) is 6.97. The van der Waals surface area contributed by atoms with Gasteiger partial charge in [0.2, 0.25) is 0 Å². The van der Waals surface area contributed by atoms with Gasteiger partial charge in [0.1, 0.15) is 17.5 Å². The zero-order chi connectivity index (χ0) is 17.7. The van der Waals surface area contributed by atoms with Gasteiger partial charge in [0.05, 0.1) is 5.56 Å². The number of rotatable bonds is 2. The molecule has 1 unspecified atom stereocenters. The van der Waals surface area contributed by atoms with Crippen molar-refractivity contribution in [2.24, 2.45) is 0 Å². The lowest BCUT2D eigenvalue weighted by Gasteiger charge is -2.26. The molecule has 132 valence electrons. The van der Waals surface area contributed by atoms with Gasteiger partial charge < -0.3 is 19.5 Å². The Morgan fingerprint density at radius 3 is 2.42 bits per heavy atom. The largest absolute Gasteiger partial charge is 0.508 e. The third kappa shape index (κ3) is 5.44. The molecule has 0 spiro atoms. The fourth-order valence-electron chi connectivity index (χ4n) is 2.51. The van der Waals surface area contributed by atoms with E-state index in [1.807, 2.05) is 20.8 Å².